The van der Waals surface area contributed by atoms with Gasteiger partial charge >= 0.3 is 0 Å². The maximum Gasteiger partial charge on any atom is 0.254 e. The predicted molar refractivity (Wildman–Crippen MR) is 77.9 cm³/mol. The summed E-state index contributed by atoms with van der Waals surface area (Å²) in [5.41, 5.74) is 2.03. The zero-order chi connectivity index (χ0) is 13.1. The monoisotopic (exact) mass is 279 g/mol. The Morgan fingerprint density at radius 2 is 2.00 bits per heavy atom. The van der Waals surface area contributed by atoms with Gasteiger partial charge in [0.1, 0.15) is 0 Å². The van der Waals surface area contributed by atoms with Crippen LogP contribution in [0.3, 0.4) is 0 Å². The molecule has 104 valence electrons. The molecule has 0 bridgehead atoms. The van der Waals surface area contributed by atoms with E-state index in [0.717, 1.165) is 48.0 Å². The van der Waals surface area contributed by atoms with Crippen LogP contribution >= 0.6 is 11.8 Å². The van der Waals surface area contributed by atoms with Crippen molar-refractivity contribution in [2.45, 2.75) is 43.7 Å². The number of fused-ring (bicyclic) bond motifs is 1. The van der Waals surface area contributed by atoms with Gasteiger partial charge in [-0.15, -0.1) is 0 Å². The number of nitrogens with zero attached hydrogens (tertiary/aromatic N) is 2. The first-order chi connectivity index (χ1) is 9.33. The molecule has 1 N–H and O–H groups in total. The van der Waals surface area contributed by atoms with E-state index < -0.39 is 0 Å². The summed E-state index contributed by atoms with van der Waals surface area (Å²) in [5.74, 6) is 1.02. The molecular formula is C14H21N3OS. The fourth-order valence-corrected chi connectivity index (χ4v) is 3.82. The minimum atomic E-state index is 0.0861. The van der Waals surface area contributed by atoms with Crippen LogP contribution in [-0.4, -0.2) is 40.3 Å². The van der Waals surface area contributed by atoms with E-state index in [4.69, 9.17) is 0 Å². The Kier molecular flexibility index (Phi) is 4.23. The zero-order valence-electron chi connectivity index (χ0n) is 11.3. The van der Waals surface area contributed by atoms with Crippen molar-refractivity contribution in [2.24, 2.45) is 0 Å². The van der Waals surface area contributed by atoms with E-state index in [1.54, 1.807) is 11.8 Å². The molecular weight excluding hydrogens is 258 g/mol. The van der Waals surface area contributed by atoms with Crippen LogP contribution in [0.2, 0.25) is 0 Å². The summed E-state index contributed by atoms with van der Waals surface area (Å²) in [6.45, 7) is 3.56. The molecule has 0 saturated carbocycles. The molecule has 1 saturated heterocycles. The Bertz CT molecular complexity index is 494. The van der Waals surface area contributed by atoms with Gasteiger partial charge in [-0.3, -0.25) is 4.79 Å². The summed E-state index contributed by atoms with van der Waals surface area (Å²) in [6.07, 6.45) is 6.99. The number of hydrogen-bond acceptors (Lipinski definition) is 4. The zero-order valence-corrected chi connectivity index (χ0v) is 12.1. The average molecular weight is 279 g/mol. The average Bonchev–Trinajstić information content (AvgIpc) is 2.89. The third kappa shape index (κ3) is 3.20. The molecule has 4 nitrogen and oxygen atoms in total. The minimum Gasteiger partial charge on any atom is -0.303 e. The van der Waals surface area contributed by atoms with Crippen LogP contribution in [-0.2, 0) is 12.8 Å². The first-order valence-electron chi connectivity index (χ1n) is 7.30. The van der Waals surface area contributed by atoms with E-state index in [9.17, 15) is 4.79 Å². The summed E-state index contributed by atoms with van der Waals surface area (Å²) in [4.78, 5) is 21.9. The van der Waals surface area contributed by atoms with Crippen LogP contribution in [0.5, 0.6) is 0 Å². The molecule has 1 aliphatic heterocycles. The second-order valence-electron chi connectivity index (χ2n) is 5.40. The van der Waals surface area contributed by atoms with Crippen molar-refractivity contribution in [3.63, 3.8) is 0 Å². The van der Waals surface area contributed by atoms with Crippen molar-refractivity contribution in [1.29, 1.82) is 0 Å². The molecule has 5 heteroatoms. The Balaban J connectivity index is 1.55. The third-order valence-electron chi connectivity index (χ3n) is 4.01. The van der Waals surface area contributed by atoms with E-state index in [1.165, 1.54) is 32.4 Å². The van der Waals surface area contributed by atoms with Crippen LogP contribution in [0.25, 0.3) is 0 Å². The lowest BCUT2D eigenvalue weighted by Crippen LogP contribution is -2.31. The van der Waals surface area contributed by atoms with Gasteiger partial charge in [0, 0.05) is 17.9 Å². The molecule has 0 radical (unpaired) electrons. The highest BCUT2D eigenvalue weighted by Gasteiger charge is 2.17. The Morgan fingerprint density at radius 3 is 2.84 bits per heavy atom. The van der Waals surface area contributed by atoms with Gasteiger partial charge in [-0.25, -0.2) is 4.98 Å². The van der Waals surface area contributed by atoms with Gasteiger partial charge in [0.2, 0.25) is 0 Å². The van der Waals surface area contributed by atoms with Gasteiger partial charge in [0.05, 0.1) is 5.69 Å². The van der Waals surface area contributed by atoms with E-state index in [0.29, 0.717) is 0 Å². The van der Waals surface area contributed by atoms with Gasteiger partial charge in [-0.1, -0.05) is 18.2 Å². The highest BCUT2D eigenvalue weighted by Crippen LogP contribution is 2.19. The van der Waals surface area contributed by atoms with Gasteiger partial charge < -0.3 is 9.88 Å². The van der Waals surface area contributed by atoms with Crippen molar-refractivity contribution >= 4 is 11.8 Å². The Hall–Kier alpha value is -0.810. The molecule has 0 spiro atoms. The number of thioether (sulfide) groups is 1. The smallest absolute Gasteiger partial charge is 0.254 e. The normalized spacial score (nSPS) is 19.6. The molecule has 0 atom stereocenters. The van der Waals surface area contributed by atoms with Crippen molar-refractivity contribution < 1.29 is 0 Å². The first-order valence-corrected chi connectivity index (χ1v) is 8.29. The molecule has 1 aliphatic carbocycles. The molecule has 0 unspecified atom stereocenters. The van der Waals surface area contributed by atoms with E-state index in [-0.39, 0.29) is 5.56 Å². The van der Waals surface area contributed by atoms with Crippen molar-refractivity contribution in [2.75, 3.05) is 25.4 Å². The summed E-state index contributed by atoms with van der Waals surface area (Å²) in [7, 11) is 0. The summed E-state index contributed by atoms with van der Waals surface area (Å²) >= 11 is 1.69. The number of aromatic amines is 1. The predicted octanol–water partition coefficient (Wildman–Crippen LogP) is 1.84. The Morgan fingerprint density at radius 1 is 1.16 bits per heavy atom. The molecule has 1 aromatic heterocycles. The molecule has 19 heavy (non-hydrogen) atoms. The lowest BCUT2D eigenvalue weighted by Gasteiger charge is -2.25. The molecule has 0 aromatic carbocycles. The highest BCUT2D eigenvalue weighted by molar-refractivity contribution is 7.99. The topological polar surface area (TPSA) is 49.0 Å². The van der Waals surface area contributed by atoms with Crippen LogP contribution < -0.4 is 5.56 Å². The number of aromatic nitrogens is 2. The molecule has 0 amide bonds. The number of nitrogens with one attached hydrogen (secondary N) is 1. The number of likely N-dealkylation sites (tertiary alicyclic amines) is 1. The molecule has 3 rings (SSSR count). The number of piperidine rings is 1. The number of hydrogen-bond donors (Lipinski definition) is 1. The fraction of sp³-hybridized carbons (Fsp3) is 0.714. The third-order valence-corrected chi connectivity index (χ3v) is 4.87. The summed E-state index contributed by atoms with van der Waals surface area (Å²) in [6, 6.07) is 0. The fourth-order valence-electron chi connectivity index (χ4n) is 2.94. The molecule has 1 fully saturated rings. The largest absolute Gasteiger partial charge is 0.303 e. The van der Waals surface area contributed by atoms with Gasteiger partial charge in [0.25, 0.3) is 5.56 Å². The summed E-state index contributed by atoms with van der Waals surface area (Å²) in [5, 5.41) is 0.808. The number of rotatable bonds is 4. The second-order valence-corrected chi connectivity index (χ2v) is 6.48. The quantitative estimate of drug-likeness (QED) is 0.675. The van der Waals surface area contributed by atoms with E-state index in [1.807, 2.05) is 0 Å². The van der Waals surface area contributed by atoms with Crippen molar-refractivity contribution in [1.82, 2.24) is 14.9 Å². The van der Waals surface area contributed by atoms with Crippen molar-refractivity contribution in [3.8, 4) is 0 Å². The maximum atomic E-state index is 11.9. The number of aryl methyl sites for hydroxylation is 1. The van der Waals surface area contributed by atoms with E-state index >= 15 is 0 Å². The maximum absolute atomic E-state index is 11.9. The van der Waals surface area contributed by atoms with Gasteiger partial charge in [0.15, 0.2) is 5.16 Å². The summed E-state index contributed by atoms with van der Waals surface area (Å²) < 4.78 is 0. The van der Waals surface area contributed by atoms with E-state index in [2.05, 4.69) is 14.9 Å². The first kappa shape index (κ1) is 13.2. The lowest BCUT2D eigenvalue weighted by atomic mass is 10.1. The standard InChI is InChI=1S/C14H21N3OS/c18-13-11-5-4-6-12(11)15-14(16-13)19-10-9-17-7-2-1-3-8-17/h1-10H2,(H,15,16,18). The van der Waals surface area contributed by atoms with Crippen LogP contribution in [0.15, 0.2) is 9.95 Å². The highest BCUT2D eigenvalue weighted by atomic mass is 32.2. The SMILES string of the molecule is O=c1[nH]c(SCCN2CCCCC2)nc2c1CCC2. The van der Waals surface area contributed by atoms with Gasteiger partial charge in [-0.2, -0.15) is 0 Å². The second kappa shape index (κ2) is 6.09. The molecule has 2 aliphatic rings. The lowest BCUT2D eigenvalue weighted by molar-refractivity contribution is 0.242. The minimum absolute atomic E-state index is 0.0861. The van der Waals surface area contributed by atoms with Gasteiger partial charge in [-0.05, 0) is 45.2 Å². The van der Waals surface area contributed by atoms with Crippen molar-refractivity contribution in [3.05, 3.63) is 21.6 Å². The molecule has 2 heterocycles. The van der Waals surface area contributed by atoms with Crippen LogP contribution in [0.4, 0.5) is 0 Å². The number of H-pyrrole nitrogens is 1. The van der Waals surface area contributed by atoms with Crippen LogP contribution in [0.1, 0.15) is 36.9 Å². The molecule has 1 aromatic rings. The van der Waals surface area contributed by atoms with Crippen LogP contribution in [0, 0.1) is 0 Å². The Labute approximate surface area is 118 Å².